The van der Waals surface area contributed by atoms with E-state index in [1.165, 1.54) is 38.5 Å². The fourth-order valence-electron chi connectivity index (χ4n) is 2.63. The number of hydrogen-bond acceptors (Lipinski definition) is 2. The Morgan fingerprint density at radius 2 is 1.73 bits per heavy atom. The molecule has 11 heavy (non-hydrogen) atoms. The minimum atomic E-state index is 0.356. The zero-order chi connectivity index (χ0) is 7.31. The van der Waals surface area contributed by atoms with Gasteiger partial charge in [0.15, 0.2) is 0 Å². The molecular formula is C9H14N2. The summed E-state index contributed by atoms with van der Waals surface area (Å²) in [5, 5.41) is 8.87. The predicted octanol–water partition coefficient (Wildman–Crippen LogP) is 2.54. The summed E-state index contributed by atoms with van der Waals surface area (Å²) in [5.74, 6) is 0.924. The lowest BCUT2D eigenvalue weighted by atomic mass is 9.75. The van der Waals surface area contributed by atoms with E-state index in [0.717, 1.165) is 5.92 Å². The van der Waals surface area contributed by atoms with Gasteiger partial charge in [-0.15, -0.1) is 0 Å². The molecule has 2 nitrogen and oxygen atoms in total. The second kappa shape index (κ2) is 1.85. The van der Waals surface area contributed by atoms with E-state index in [9.17, 15) is 0 Å². The van der Waals surface area contributed by atoms with Crippen LogP contribution in [0, 0.1) is 5.92 Å². The number of hydrogen-bond donors (Lipinski definition) is 0. The molecule has 0 unspecified atom stereocenters. The molecule has 4 aliphatic rings. The molecule has 0 spiro atoms. The second-order valence-electron chi connectivity index (χ2n) is 4.32. The number of rotatable bonds is 1. The van der Waals surface area contributed by atoms with E-state index in [1.807, 2.05) is 0 Å². The first kappa shape index (κ1) is 6.15. The zero-order valence-electron chi connectivity index (χ0n) is 6.79. The predicted molar refractivity (Wildman–Crippen MR) is 42.6 cm³/mol. The summed E-state index contributed by atoms with van der Waals surface area (Å²) in [6.45, 7) is 0. The topological polar surface area (TPSA) is 24.7 Å². The molecule has 0 N–H and O–H groups in total. The fraction of sp³-hybridized carbons (Fsp3) is 1.00. The van der Waals surface area contributed by atoms with Crippen LogP contribution in [0.5, 0.6) is 0 Å². The molecule has 2 heteroatoms. The smallest absolute Gasteiger partial charge is 0.0845 e. The number of nitrogens with zero attached hydrogens (tertiary/aromatic N) is 2. The van der Waals surface area contributed by atoms with E-state index < -0.39 is 0 Å². The van der Waals surface area contributed by atoms with Gasteiger partial charge in [-0.05, 0) is 44.4 Å². The molecule has 60 valence electrons. The minimum absolute atomic E-state index is 0.356. The van der Waals surface area contributed by atoms with Crippen molar-refractivity contribution in [2.75, 3.05) is 0 Å². The third-order valence-corrected chi connectivity index (χ3v) is 3.58. The molecule has 2 fully saturated rings. The van der Waals surface area contributed by atoms with Gasteiger partial charge in [0.05, 0.1) is 11.6 Å². The molecule has 2 saturated carbocycles. The Labute approximate surface area is 67.1 Å². The van der Waals surface area contributed by atoms with E-state index in [-0.39, 0.29) is 0 Å². The largest absolute Gasteiger partial charge is 0.190 e. The highest BCUT2D eigenvalue weighted by molar-refractivity contribution is 5.06. The van der Waals surface area contributed by atoms with Gasteiger partial charge in [0.2, 0.25) is 0 Å². The minimum Gasteiger partial charge on any atom is -0.190 e. The maximum Gasteiger partial charge on any atom is 0.0845 e. The van der Waals surface area contributed by atoms with Gasteiger partial charge in [0.1, 0.15) is 0 Å². The van der Waals surface area contributed by atoms with Crippen molar-refractivity contribution in [1.29, 1.82) is 0 Å². The van der Waals surface area contributed by atoms with Crippen LogP contribution in [0.3, 0.4) is 0 Å². The highest BCUT2D eigenvalue weighted by Gasteiger charge is 2.49. The summed E-state index contributed by atoms with van der Waals surface area (Å²) >= 11 is 0. The molecule has 4 rings (SSSR count). The Balaban J connectivity index is 1.94. The van der Waals surface area contributed by atoms with Crippen molar-refractivity contribution in [3.63, 3.8) is 0 Å². The zero-order valence-corrected chi connectivity index (χ0v) is 6.79. The molecule has 0 radical (unpaired) electrons. The van der Waals surface area contributed by atoms with Crippen LogP contribution >= 0.6 is 0 Å². The summed E-state index contributed by atoms with van der Waals surface area (Å²) in [7, 11) is 0. The van der Waals surface area contributed by atoms with Gasteiger partial charge >= 0.3 is 0 Å². The monoisotopic (exact) mass is 150 g/mol. The number of fused-ring (bicyclic) bond motifs is 2. The molecular weight excluding hydrogens is 136 g/mol. The van der Waals surface area contributed by atoms with E-state index >= 15 is 0 Å². The highest BCUT2D eigenvalue weighted by Crippen LogP contribution is 2.52. The molecule has 2 bridgehead atoms. The van der Waals surface area contributed by atoms with Crippen molar-refractivity contribution in [1.82, 2.24) is 0 Å². The van der Waals surface area contributed by atoms with Crippen molar-refractivity contribution in [3.05, 3.63) is 0 Å². The number of azo groups is 1. The lowest BCUT2D eigenvalue weighted by molar-refractivity contribution is 0.187. The van der Waals surface area contributed by atoms with E-state index in [2.05, 4.69) is 10.2 Å². The lowest BCUT2D eigenvalue weighted by Crippen LogP contribution is -2.39. The van der Waals surface area contributed by atoms with Crippen LogP contribution in [-0.4, -0.2) is 11.6 Å². The maximum atomic E-state index is 4.52. The van der Waals surface area contributed by atoms with Crippen LogP contribution < -0.4 is 0 Å². The molecule has 0 aromatic carbocycles. The summed E-state index contributed by atoms with van der Waals surface area (Å²) in [5.41, 5.74) is 0.356. The quantitative estimate of drug-likeness (QED) is 0.548. The first-order valence-corrected chi connectivity index (χ1v) is 4.81. The first-order valence-electron chi connectivity index (χ1n) is 4.81. The van der Waals surface area contributed by atoms with Gasteiger partial charge in [-0.25, -0.2) is 0 Å². The average Bonchev–Trinajstić information content (AvgIpc) is 2.90. The molecule has 2 aliphatic carbocycles. The van der Waals surface area contributed by atoms with Crippen LogP contribution in [0.4, 0.5) is 0 Å². The Morgan fingerprint density at radius 1 is 1.00 bits per heavy atom. The van der Waals surface area contributed by atoms with Crippen LogP contribution in [-0.2, 0) is 0 Å². The average molecular weight is 150 g/mol. The SMILES string of the molecule is C1CC2(C3CC3)CCC1N=N2. The van der Waals surface area contributed by atoms with Crippen LogP contribution in [0.2, 0.25) is 0 Å². The van der Waals surface area contributed by atoms with Crippen LogP contribution in [0.15, 0.2) is 10.2 Å². The van der Waals surface area contributed by atoms with Crippen molar-refractivity contribution in [2.45, 2.75) is 50.1 Å². The molecule has 2 aliphatic heterocycles. The third-order valence-electron chi connectivity index (χ3n) is 3.58. The Hall–Kier alpha value is -0.400. The van der Waals surface area contributed by atoms with Crippen LogP contribution in [0.1, 0.15) is 38.5 Å². The Morgan fingerprint density at radius 3 is 2.18 bits per heavy atom. The maximum absolute atomic E-state index is 4.52. The van der Waals surface area contributed by atoms with Gasteiger partial charge in [-0.2, -0.15) is 10.2 Å². The standard InChI is InChI=1S/C9H14N2/c1-2-7(1)9-5-3-8(4-6-9)10-11-9/h7-8H,1-6H2. The van der Waals surface area contributed by atoms with Crippen molar-refractivity contribution < 1.29 is 0 Å². The van der Waals surface area contributed by atoms with Crippen molar-refractivity contribution >= 4 is 0 Å². The molecule has 0 atom stereocenters. The summed E-state index contributed by atoms with van der Waals surface area (Å²) < 4.78 is 0. The Bertz CT molecular complexity index is 198. The molecule has 0 amide bonds. The van der Waals surface area contributed by atoms with Crippen molar-refractivity contribution in [3.8, 4) is 0 Å². The molecule has 0 aromatic rings. The van der Waals surface area contributed by atoms with Gasteiger partial charge < -0.3 is 0 Å². The van der Waals surface area contributed by atoms with E-state index in [0.29, 0.717) is 11.6 Å². The fourth-order valence-corrected chi connectivity index (χ4v) is 2.63. The van der Waals surface area contributed by atoms with Crippen LogP contribution in [0.25, 0.3) is 0 Å². The highest BCUT2D eigenvalue weighted by atomic mass is 15.2. The van der Waals surface area contributed by atoms with Gasteiger partial charge in [0.25, 0.3) is 0 Å². The van der Waals surface area contributed by atoms with Gasteiger partial charge in [-0.1, -0.05) is 0 Å². The van der Waals surface area contributed by atoms with Gasteiger partial charge in [0, 0.05) is 0 Å². The molecule has 0 aromatic heterocycles. The summed E-state index contributed by atoms with van der Waals surface area (Å²) in [6, 6.07) is 0.607. The second-order valence-corrected chi connectivity index (χ2v) is 4.32. The van der Waals surface area contributed by atoms with Gasteiger partial charge in [-0.3, -0.25) is 0 Å². The van der Waals surface area contributed by atoms with E-state index in [1.54, 1.807) is 0 Å². The first-order chi connectivity index (χ1) is 5.39. The lowest BCUT2D eigenvalue weighted by Gasteiger charge is -2.39. The molecule has 0 saturated heterocycles. The van der Waals surface area contributed by atoms with E-state index in [4.69, 9.17) is 0 Å². The molecule has 2 heterocycles. The Kier molecular flexibility index (Phi) is 1.03. The third kappa shape index (κ3) is 0.784. The van der Waals surface area contributed by atoms with Crippen molar-refractivity contribution in [2.24, 2.45) is 16.1 Å². The summed E-state index contributed by atoms with van der Waals surface area (Å²) in [6.07, 6.45) is 8.16. The summed E-state index contributed by atoms with van der Waals surface area (Å²) in [4.78, 5) is 0. The normalized spacial score (nSPS) is 48.2.